The van der Waals surface area contributed by atoms with Gasteiger partial charge in [0.25, 0.3) is 0 Å². The van der Waals surface area contributed by atoms with Crippen LogP contribution >= 0.6 is 0 Å². The number of anilines is 1. The minimum atomic E-state index is -4.61. The number of amides is 1. The van der Waals surface area contributed by atoms with Gasteiger partial charge in [-0.15, -0.1) is 0 Å². The Morgan fingerprint density at radius 1 is 1.26 bits per heavy atom. The van der Waals surface area contributed by atoms with Crippen molar-refractivity contribution in [2.45, 2.75) is 38.5 Å². The number of benzene rings is 1. The second-order valence-electron chi connectivity index (χ2n) is 6.68. The van der Waals surface area contributed by atoms with Crippen LogP contribution in [0.1, 0.15) is 24.6 Å². The number of halogens is 3. The lowest BCUT2D eigenvalue weighted by molar-refractivity contribution is -0.140. The number of aryl methyl sites for hydroxylation is 1. The summed E-state index contributed by atoms with van der Waals surface area (Å²) in [6.07, 6.45) is -0.411. The van der Waals surface area contributed by atoms with E-state index in [4.69, 9.17) is 0 Å². The number of carbonyl (C=O) groups excluding carboxylic acids is 1. The Balaban J connectivity index is 1.72. The van der Waals surface area contributed by atoms with Crippen LogP contribution in [0, 0.1) is 0 Å². The highest BCUT2D eigenvalue weighted by atomic mass is 19.4. The fourth-order valence-electron chi connectivity index (χ4n) is 3.63. The summed E-state index contributed by atoms with van der Waals surface area (Å²) in [6.45, 7) is 1.68. The van der Waals surface area contributed by atoms with Crippen LogP contribution in [0.2, 0.25) is 0 Å². The molecular weight excluding hydrogens is 357 g/mol. The highest BCUT2D eigenvalue weighted by molar-refractivity contribution is 5.96. The lowest BCUT2D eigenvalue weighted by atomic mass is 9.96. The molecular formula is C19H17F3N4O. The van der Waals surface area contributed by atoms with Gasteiger partial charge in [-0.25, -0.2) is 0 Å². The van der Waals surface area contributed by atoms with Crippen LogP contribution in [0.5, 0.6) is 0 Å². The molecule has 0 spiro atoms. The van der Waals surface area contributed by atoms with Gasteiger partial charge in [-0.1, -0.05) is 18.2 Å². The molecule has 1 aliphatic heterocycles. The third kappa shape index (κ3) is 3.05. The predicted octanol–water partition coefficient (Wildman–Crippen LogP) is 3.82. The first-order valence-corrected chi connectivity index (χ1v) is 8.64. The summed E-state index contributed by atoms with van der Waals surface area (Å²) in [4.78, 5) is 18.4. The van der Waals surface area contributed by atoms with Crippen molar-refractivity contribution in [2.24, 2.45) is 0 Å². The van der Waals surface area contributed by atoms with Crippen LogP contribution in [-0.4, -0.2) is 26.7 Å². The average Bonchev–Trinajstić information content (AvgIpc) is 3.00. The van der Waals surface area contributed by atoms with Gasteiger partial charge in [0, 0.05) is 24.1 Å². The minimum absolute atomic E-state index is 0.0296. The number of nitrogens with zero attached hydrogens (tertiary/aromatic N) is 4. The Morgan fingerprint density at radius 3 is 2.81 bits per heavy atom. The van der Waals surface area contributed by atoms with Crippen molar-refractivity contribution >= 4 is 22.5 Å². The van der Waals surface area contributed by atoms with Crippen molar-refractivity contribution in [2.75, 3.05) is 4.90 Å². The SMILES string of the molecule is C[C@H]1CCc2ccccc2N1C(=O)Cn1nc(C(F)(F)F)c2cnccc21. The zero-order valence-electron chi connectivity index (χ0n) is 14.6. The van der Waals surface area contributed by atoms with Gasteiger partial charge in [0.05, 0.1) is 10.9 Å². The molecule has 0 aliphatic carbocycles. The van der Waals surface area contributed by atoms with Crippen LogP contribution in [0.4, 0.5) is 18.9 Å². The van der Waals surface area contributed by atoms with E-state index in [2.05, 4.69) is 10.1 Å². The van der Waals surface area contributed by atoms with Gasteiger partial charge in [0.2, 0.25) is 5.91 Å². The molecule has 0 saturated heterocycles. The lowest BCUT2D eigenvalue weighted by Gasteiger charge is -2.35. The summed E-state index contributed by atoms with van der Waals surface area (Å²) in [7, 11) is 0. The van der Waals surface area contributed by atoms with E-state index in [0.29, 0.717) is 0 Å². The predicted molar refractivity (Wildman–Crippen MR) is 94.2 cm³/mol. The van der Waals surface area contributed by atoms with Gasteiger partial charge in [0.15, 0.2) is 5.69 Å². The van der Waals surface area contributed by atoms with E-state index in [1.165, 1.54) is 12.3 Å². The van der Waals surface area contributed by atoms with E-state index in [1.54, 1.807) is 4.90 Å². The molecule has 1 amide bonds. The van der Waals surface area contributed by atoms with E-state index in [0.717, 1.165) is 35.0 Å². The Bertz CT molecular complexity index is 1010. The first-order valence-electron chi connectivity index (χ1n) is 8.64. The molecule has 2 aromatic heterocycles. The number of alkyl halides is 3. The third-order valence-corrected chi connectivity index (χ3v) is 4.90. The van der Waals surface area contributed by atoms with Crippen molar-refractivity contribution in [1.82, 2.24) is 14.8 Å². The standard InChI is InChI=1S/C19H17F3N4O/c1-12-6-7-13-4-2-3-5-15(13)26(12)17(27)11-25-16-8-9-23-10-14(16)18(24-25)19(20,21)22/h2-5,8-10,12H,6-7,11H2,1H3/t12-/m0/s1. The first kappa shape index (κ1) is 17.5. The number of para-hydroxylation sites is 1. The zero-order chi connectivity index (χ0) is 19.2. The number of fused-ring (bicyclic) bond motifs is 2. The summed E-state index contributed by atoms with van der Waals surface area (Å²) in [6, 6.07) is 9.03. The fourth-order valence-corrected chi connectivity index (χ4v) is 3.63. The van der Waals surface area contributed by atoms with Crippen molar-refractivity contribution in [3.05, 3.63) is 54.0 Å². The highest BCUT2D eigenvalue weighted by Gasteiger charge is 2.37. The molecule has 1 atom stereocenters. The third-order valence-electron chi connectivity index (χ3n) is 4.90. The molecule has 5 nitrogen and oxygen atoms in total. The molecule has 140 valence electrons. The number of hydrogen-bond donors (Lipinski definition) is 0. The van der Waals surface area contributed by atoms with Crippen molar-refractivity contribution in [3.63, 3.8) is 0 Å². The Hall–Kier alpha value is -2.90. The molecule has 0 radical (unpaired) electrons. The number of aromatic nitrogens is 3. The zero-order valence-corrected chi connectivity index (χ0v) is 14.6. The number of hydrogen-bond acceptors (Lipinski definition) is 3. The average molecular weight is 374 g/mol. The summed E-state index contributed by atoms with van der Waals surface area (Å²) in [5, 5.41) is 3.57. The molecule has 0 unspecified atom stereocenters. The van der Waals surface area contributed by atoms with Crippen LogP contribution in [-0.2, 0) is 23.9 Å². The Labute approximate surface area is 153 Å². The molecule has 0 bridgehead atoms. The van der Waals surface area contributed by atoms with E-state index in [-0.39, 0.29) is 29.4 Å². The van der Waals surface area contributed by atoms with Gasteiger partial charge in [0.1, 0.15) is 6.54 Å². The summed E-state index contributed by atoms with van der Waals surface area (Å²) in [5.41, 5.74) is 1.10. The molecule has 1 aliphatic rings. The topological polar surface area (TPSA) is 51.0 Å². The minimum Gasteiger partial charge on any atom is -0.308 e. The number of pyridine rings is 1. The fraction of sp³-hybridized carbons (Fsp3) is 0.316. The first-order chi connectivity index (χ1) is 12.9. The van der Waals surface area contributed by atoms with E-state index < -0.39 is 11.9 Å². The molecule has 8 heteroatoms. The summed E-state index contributed by atoms with van der Waals surface area (Å²) < 4.78 is 41.0. The largest absolute Gasteiger partial charge is 0.435 e. The molecule has 1 aromatic carbocycles. The lowest BCUT2D eigenvalue weighted by Crippen LogP contribution is -2.43. The second-order valence-corrected chi connectivity index (χ2v) is 6.68. The molecule has 4 rings (SSSR count). The number of rotatable bonds is 2. The summed E-state index contributed by atoms with van der Waals surface area (Å²) >= 11 is 0. The maximum atomic E-state index is 13.3. The van der Waals surface area contributed by atoms with Gasteiger partial charge in [-0.3, -0.25) is 14.5 Å². The van der Waals surface area contributed by atoms with Crippen molar-refractivity contribution in [3.8, 4) is 0 Å². The number of carbonyl (C=O) groups is 1. The maximum Gasteiger partial charge on any atom is 0.435 e. The molecule has 27 heavy (non-hydrogen) atoms. The normalized spacial score (nSPS) is 17.2. The van der Waals surface area contributed by atoms with Gasteiger partial charge >= 0.3 is 6.18 Å². The van der Waals surface area contributed by atoms with E-state index in [1.807, 2.05) is 31.2 Å². The van der Waals surface area contributed by atoms with E-state index in [9.17, 15) is 18.0 Å². The monoisotopic (exact) mass is 374 g/mol. The van der Waals surface area contributed by atoms with Gasteiger partial charge < -0.3 is 4.90 Å². The Kier molecular flexibility index (Phi) is 4.13. The molecule has 0 fully saturated rings. The highest BCUT2D eigenvalue weighted by Crippen LogP contribution is 2.34. The summed E-state index contributed by atoms with van der Waals surface area (Å²) in [5.74, 6) is -0.287. The van der Waals surface area contributed by atoms with Crippen LogP contribution in [0.15, 0.2) is 42.7 Å². The second kappa shape index (κ2) is 6.37. The van der Waals surface area contributed by atoms with Crippen LogP contribution in [0.25, 0.3) is 10.9 Å². The quantitative estimate of drug-likeness (QED) is 0.685. The molecule has 3 heterocycles. The Morgan fingerprint density at radius 2 is 2.04 bits per heavy atom. The van der Waals surface area contributed by atoms with Crippen LogP contribution < -0.4 is 4.90 Å². The smallest absolute Gasteiger partial charge is 0.308 e. The van der Waals surface area contributed by atoms with Gasteiger partial charge in [-0.2, -0.15) is 18.3 Å². The van der Waals surface area contributed by atoms with Gasteiger partial charge in [-0.05, 0) is 37.5 Å². The maximum absolute atomic E-state index is 13.3. The molecule has 0 N–H and O–H groups in total. The van der Waals surface area contributed by atoms with Crippen molar-refractivity contribution < 1.29 is 18.0 Å². The van der Waals surface area contributed by atoms with E-state index >= 15 is 0 Å². The molecule has 3 aromatic rings. The van der Waals surface area contributed by atoms with Crippen molar-refractivity contribution in [1.29, 1.82) is 0 Å². The van der Waals surface area contributed by atoms with Crippen LogP contribution in [0.3, 0.4) is 0 Å². The molecule has 0 saturated carbocycles.